The normalized spacial score (nSPS) is 13.9. The summed E-state index contributed by atoms with van der Waals surface area (Å²) in [6, 6.07) is 0. The molecule has 0 rings (SSSR count). The average Bonchev–Trinajstić information content (AvgIpc) is 2.52. The van der Waals surface area contributed by atoms with E-state index >= 15 is 0 Å². The van der Waals surface area contributed by atoms with Gasteiger partial charge in [0.25, 0.3) is 0 Å². The van der Waals surface area contributed by atoms with Gasteiger partial charge in [-0.25, -0.2) is 0 Å². The molecule has 0 amide bonds. The van der Waals surface area contributed by atoms with E-state index in [1.807, 2.05) is 0 Å². The van der Waals surface area contributed by atoms with Crippen LogP contribution in [0.2, 0.25) is 0 Å². The Bertz CT molecular complexity index is 263. The van der Waals surface area contributed by atoms with E-state index in [9.17, 15) is 9.90 Å². The second-order valence-corrected chi connectivity index (χ2v) is 7.39. The molecule has 0 aliphatic rings. The molecule has 0 aliphatic heterocycles. The van der Waals surface area contributed by atoms with Gasteiger partial charge in [0.2, 0.25) is 0 Å². The summed E-state index contributed by atoms with van der Waals surface area (Å²) in [6.07, 6.45) is 19.0. The molecule has 0 heterocycles. The fraction of sp³-hybridized carbons (Fsp3) is 0.952. The maximum Gasteiger partial charge on any atom is 0.306 e. The molecule has 0 bridgehead atoms. The van der Waals surface area contributed by atoms with E-state index in [0.29, 0.717) is 5.92 Å². The first kappa shape index (κ1) is 22.5. The number of hydrogen-bond donors (Lipinski definition) is 1. The van der Waals surface area contributed by atoms with Gasteiger partial charge in [0.1, 0.15) is 0 Å². The van der Waals surface area contributed by atoms with Gasteiger partial charge >= 0.3 is 5.97 Å². The van der Waals surface area contributed by atoms with Crippen LogP contribution in [-0.2, 0) is 4.79 Å². The number of hydrogen-bond acceptors (Lipinski definition) is 1. The maximum absolute atomic E-state index is 11.3. The second kappa shape index (κ2) is 16.3. The van der Waals surface area contributed by atoms with Crippen LogP contribution >= 0.6 is 0 Å². The third-order valence-electron chi connectivity index (χ3n) is 5.14. The number of carboxylic acids is 1. The van der Waals surface area contributed by atoms with Crippen LogP contribution in [0.15, 0.2) is 0 Å². The molecule has 2 unspecified atom stereocenters. The van der Waals surface area contributed by atoms with E-state index in [4.69, 9.17) is 0 Å². The van der Waals surface area contributed by atoms with Gasteiger partial charge in [0.15, 0.2) is 0 Å². The first-order valence-electron chi connectivity index (χ1n) is 10.4. The molecule has 0 aromatic heterocycles. The highest BCUT2D eigenvalue weighted by Crippen LogP contribution is 2.24. The molecule has 1 N–H and O–H groups in total. The van der Waals surface area contributed by atoms with Crippen molar-refractivity contribution in [2.45, 2.75) is 117 Å². The summed E-state index contributed by atoms with van der Waals surface area (Å²) in [7, 11) is 0. The summed E-state index contributed by atoms with van der Waals surface area (Å²) >= 11 is 0. The molecule has 2 nitrogen and oxygen atoms in total. The van der Waals surface area contributed by atoms with Gasteiger partial charge in [0, 0.05) is 0 Å². The van der Waals surface area contributed by atoms with E-state index < -0.39 is 5.97 Å². The van der Waals surface area contributed by atoms with Crippen LogP contribution in [-0.4, -0.2) is 11.1 Å². The third kappa shape index (κ3) is 13.6. The lowest BCUT2D eigenvalue weighted by Gasteiger charge is -2.19. The Balaban J connectivity index is 3.49. The van der Waals surface area contributed by atoms with Crippen molar-refractivity contribution in [2.24, 2.45) is 11.8 Å². The molecule has 2 heteroatoms. The first-order chi connectivity index (χ1) is 11.1. The summed E-state index contributed by atoms with van der Waals surface area (Å²) in [6.45, 7) is 6.53. The van der Waals surface area contributed by atoms with Crippen LogP contribution in [0, 0.1) is 11.8 Å². The van der Waals surface area contributed by atoms with Crippen LogP contribution in [0.3, 0.4) is 0 Å². The molecular weight excluding hydrogens is 284 g/mol. The standard InChI is InChI=1S/C21H42O2/c1-4-6-8-9-10-11-12-13-14-15-16-17-19(3)20(21(22)23)18-7-5-2/h19-20H,4-18H2,1-3H3,(H,22,23). The minimum absolute atomic E-state index is 0.127. The van der Waals surface area contributed by atoms with Gasteiger partial charge < -0.3 is 5.11 Å². The highest BCUT2D eigenvalue weighted by Gasteiger charge is 2.23. The summed E-state index contributed by atoms with van der Waals surface area (Å²) < 4.78 is 0. The van der Waals surface area contributed by atoms with Gasteiger partial charge in [-0.1, -0.05) is 104 Å². The number of aliphatic carboxylic acids is 1. The Morgan fingerprint density at radius 2 is 1.13 bits per heavy atom. The summed E-state index contributed by atoms with van der Waals surface area (Å²) in [4.78, 5) is 11.3. The van der Waals surface area contributed by atoms with Gasteiger partial charge in [-0.05, 0) is 18.8 Å². The Hall–Kier alpha value is -0.530. The van der Waals surface area contributed by atoms with Crippen molar-refractivity contribution in [2.75, 3.05) is 0 Å². The zero-order valence-electron chi connectivity index (χ0n) is 16.1. The largest absolute Gasteiger partial charge is 0.481 e. The van der Waals surface area contributed by atoms with Crippen molar-refractivity contribution in [3.05, 3.63) is 0 Å². The summed E-state index contributed by atoms with van der Waals surface area (Å²) in [5.74, 6) is -0.385. The predicted molar refractivity (Wildman–Crippen MR) is 101 cm³/mol. The Morgan fingerprint density at radius 1 is 0.696 bits per heavy atom. The van der Waals surface area contributed by atoms with Crippen molar-refractivity contribution in [3.8, 4) is 0 Å². The van der Waals surface area contributed by atoms with Crippen molar-refractivity contribution in [3.63, 3.8) is 0 Å². The van der Waals surface area contributed by atoms with Crippen LogP contribution in [0.25, 0.3) is 0 Å². The van der Waals surface area contributed by atoms with E-state index in [1.165, 1.54) is 70.6 Å². The Labute approximate surface area is 145 Å². The third-order valence-corrected chi connectivity index (χ3v) is 5.14. The minimum Gasteiger partial charge on any atom is -0.481 e. The zero-order chi connectivity index (χ0) is 17.3. The molecule has 0 spiro atoms. The summed E-state index contributed by atoms with van der Waals surface area (Å²) in [5, 5.41) is 9.35. The molecule has 0 radical (unpaired) electrons. The number of unbranched alkanes of at least 4 members (excludes halogenated alkanes) is 11. The molecule has 0 saturated carbocycles. The minimum atomic E-state index is -0.589. The Morgan fingerprint density at radius 3 is 1.57 bits per heavy atom. The van der Waals surface area contributed by atoms with Crippen molar-refractivity contribution in [1.29, 1.82) is 0 Å². The highest BCUT2D eigenvalue weighted by molar-refractivity contribution is 5.70. The molecule has 0 aromatic rings. The second-order valence-electron chi connectivity index (χ2n) is 7.39. The van der Waals surface area contributed by atoms with E-state index in [0.717, 1.165) is 25.7 Å². The SMILES string of the molecule is CCCCCCCCCCCCCC(C)C(CCCC)C(=O)O. The molecule has 0 saturated heterocycles. The van der Waals surface area contributed by atoms with Crippen LogP contribution in [0.1, 0.15) is 117 Å². The van der Waals surface area contributed by atoms with Crippen LogP contribution in [0.5, 0.6) is 0 Å². The van der Waals surface area contributed by atoms with E-state index in [1.54, 1.807) is 0 Å². The molecular formula is C21H42O2. The average molecular weight is 327 g/mol. The highest BCUT2D eigenvalue weighted by atomic mass is 16.4. The van der Waals surface area contributed by atoms with Crippen LogP contribution < -0.4 is 0 Å². The first-order valence-corrected chi connectivity index (χ1v) is 10.4. The molecule has 0 fully saturated rings. The Kier molecular flexibility index (Phi) is 16.0. The molecule has 0 aromatic carbocycles. The number of rotatable bonds is 17. The molecule has 0 aliphatic carbocycles. The zero-order valence-corrected chi connectivity index (χ0v) is 16.1. The lowest BCUT2D eigenvalue weighted by Crippen LogP contribution is -2.21. The molecule has 2 atom stereocenters. The monoisotopic (exact) mass is 326 g/mol. The quantitative estimate of drug-likeness (QED) is 0.287. The smallest absolute Gasteiger partial charge is 0.306 e. The maximum atomic E-state index is 11.3. The fourth-order valence-electron chi connectivity index (χ4n) is 3.41. The molecule has 23 heavy (non-hydrogen) atoms. The number of carbonyl (C=O) groups is 1. The predicted octanol–water partition coefficient (Wildman–Crippen LogP) is 7.21. The summed E-state index contributed by atoms with van der Waals surface area (Å²) in [5.41, 5.74) is 0. The number of carboxylic acid groups (broad SMARTS) is 1. The van der Waals surface area contributed by atoms with Gasteiger partial charge in [-0.3, -0.25) is 4.79 Å². The van der Waals surface area contributed by atoms with Gasteiger partial charge in [0.05, 0.1) is 5.92 Å². The topological polar surface area (TPSA) is 37.3 Å². The van der Waals surface area contributed by atoms with Gasteiger partial charge in [-0.15, -0.1) is 0 Å². The van der Waals surface area contributed by atoms with Crippen LogP contribution in [0.4, 0.5) is 0 Å². The van der Waals surface area contributed by atoms with E-state index in [-0.39, 0.29) is 5.92 Å². The fourth-order valence-corrected chi connectivity index (χ4v) is 3.41. The van der Waals surface area contributed by atoms with Crippen molar-refractivity contribution >= 4 is 5.97 Å². The van der Waals surface area contributed by atoms with Gasteiger partial charge in [-0.2, -0.15) is 0 Å². The van der Waals surface area contributed by atoms with Crippen molar-refractivity contribution in [1.82, 2.24) is 0 Å². The lowest BCUT2D eigenvalue weighted by atomic mass is 9.85. The van der Waals surface area contributed by atoms with E-state index in [2.05, 4.69) is 20.8 Å². The van der Waals surface area contributed by atoms with Crippen molar-refractivity contribution < 1.29 is 9.90 Å². The molecule has 138 valence electrons. The lowest BCUT2D eigenvalue weighted by molar-refractivity contribution is -0.143.